The number of aliphatic hydroxyl groups is 1. The van der Waals surface area contributed by atoms with Gasteiger partial charge in [-0.1, -0.05) is 54.4 Å². The second-order valence-corrected chi connectivity index (χ2v) is 7.87. The molecular formula is C23H23ClFN3O5. The molecule has 0 aliphatic heterocycles. The van der Waals surface area contributed by atoms with Crippen LogP contribution in [0.15, 0.2) is 53.1 Å². The fourth-order valence-corrected chi connectivity index (χ4v) is 3.33. The smallest absolute Gasteiger partial charge is 0.333 e. The van der Waals surface area contributed by atoms with Gasteiger partial charge in [-0.05, 0) is 35.7 Å². The maximum Gasteiger partial charge on any atom is 0.333 e. The van der Waals surface area contributed by atoms with Gasteiger partial charge in [-0.2, -0.15) is 0 Å². The number of aryl methyl sites for hydroxylation is 1. The number of carboxylic acid groups (broad SMARTS) is 1. The van der Waals surface area contributed by atoms with E-state index in [-0.39, 0.29) is 18.8 Å². The molecule has 1 aromatic heterocycles. The molecule has 0 fully saturated rings. The normalized spacial score (nSPS) is 12.0. The summed E-state index contributed by atoms with van der Waals surface area (Å²) < 4.78 is 19.2. The summed E-state index contributed by atoms with van der Waals surface area (Å²) in [5, 5.41) is 24.3. The summed E-state index contributed by atoms with van der Waals surface area (Å²) in [6.45, 7) is 1.67. The Hall–Kier alpha value is -3.27. The SMILES string of the molecule is CCCc1cc(C(=O)NN(Cc2ccc(-c3cc(Cl)ccc3F)cc2)C[C@@H](O)C(=O)O)on1. The van der Waals surface area contributed by atoms with Crippen molar-refractivity contribution in [1.82, 2.24) is 15.6 Å². The number of hydrogen-bond donors (Lipinski definition) is 3. The van der Waals surface area contributed by atoms with Gasteiger partial charge < -0.3 is 14.7 Å². The van der Waals surface area contributed by atoms with Gasteiger partial charge in [-0.15, -0.1) is 0 Å². The van der Waals surface area contributed by atoms with Crippen molar-refractivity contribution in [1.29, 1.82) is 0 Å². The van der Waals surface area contributed by atoms with Crippen molar-refractivity contribution in [3.8, 4) is 11.1 Å². The van der Waals surface area contributed by atoms with Crippen molar-refractivity contribution < 1.29 is 28.7 Å². The number of hydrazine groups is 1. The molecule has 1 heterocycles. The number of carboxylic acids is 1. The molecule has 0 bridgehead atoms. The van der Waals surface area contributed by atoms with Crippen LogP contribution in [-0.2, 0) is 17.8 Å². The highest BCUT2D eigenvalue weighted by atomic mass is 35.5. The number of nitrogens with one attached hydrogen (secondary N) is 1. The maximum atomic E-state index is 14.1. The molecule has 3 aromatic rings. The number of rotatable bonds is 10. The highest BCUT2D eigenvalue weighted by Gasteiger charge is 2.22. The van der Waals surface area contributed by atoms with Gasteiger partial charge in [0.05, 0.1) is 12.2 Å². The third kappa shape index (κ3) is 6.61. The lowest BCUT2D eigenvalue weighted by Crippen LogP contribution is -2.47. The molecule has 0 saturated heterocycles. The van der Waals surface area contributed by atoms with Crippen LogP contribution in [0, 0.1) is 5.82 Å². The highest BCUT2D eigenvalue weighted by molar-refractivity contribution is 6.30. The second-order valence-electron chi connectivity index (χ2n) is 7.43. The second kappa shape index (κ2) is 11.0. The number of carbonyl (C=O) groups excluding carboxylic acids is 1. The molecule has 0 radical (unpaired) electrons. The number of amides is 1. The van der Waals surface area contributed by atoms with Crippen LogP contribution in [0.2, 0.25) is 5.02 Å². The molecule has 8 nitrogen and oxygen atoms in total. The fourth-order valence-electron chi connectivity index (χ4n) is 3.16. The number of aromatic nitrogens is 1. The first-order chi connectivity index (χ1) is 15.8. The zero-order chi connectivity index (χ0) is 24.0. The first-order valence-corrected chi connectivity index (χ1v) is 10.6. The van der Waals surface area contributed by atoms with Gasteiger partial charge in [-0.25, -0.2) is 14.2 Å². The molecule has 0 spiro atoms. The Kier molecular flexibility index (Phi) is 8.16. The van der Waals surface area contributed by atoms with E-state index in [9.17, 15) is 19.1 Å². The van der Waals surface area contributed by atoms with Gasteiger partial charge in [-0.3, -0.25) is 10.2 Å². The van der Waals surface area contributed by atoms with Gasteiger partial charge in [0.15, 0.2) is 6.10 Å². The van der Waals surface area contributed by atoms with Crippen LogP contribution in [0.4, 0.5) is 4.39 Å². The number of aliphatic hydroxyl groups excluding tert-OH is 1. The van der Waals surface area contributed by atoms with E-state index in [0.717, 1.165) is 6.42 Å². The summed E-state index contributed by atoms with van der Waals surface area (Å²) in [7, 11) is 0. The number of aliphatic carboxylic acids is 1. The van der Waals surface area contributed by atoms with E-state index in [1.54, 1.807) is 24.3 Å². The summed E-state index contributed by atoms with van der Waals surface area (Å²) >= 11 is 5.96. The van der Waals surface area contributed by atoms with E-state index in [0.29, 0.717) is 33.8 Å². The Balaban J connectivity index is 1.75. The van der Waals surface area contributed by atoms with E-state index in [1.165, 1.54) is 29.3 Å². The van der Waals surface area contributed by atoms with Crippen LogP contribution in [0.25, 0.3) is 11.1 Å². The van der Waals surface area contributed by atoms with Crippen LogP contribution in [0.3, 0.4) is 0 Å². The van der Waals surface area contributed by atoms with Gasteiger partial charge in [0, 0.05) is 23.2 Å². The molecule has 0 saturated carbocycles. The predicted molar refractivity (Wildman–Crippen MR) is 119 cm³/mol. The zero-order valence-electron chi connectivity index (χ0n) is 17.8. The van der Waals surface area contributed by atoms with Gasteiger partial charge in [0.1, 0.15) is 5.82 Å². The Morgan fingerprint density at radius 3 is 2.61 bits per heavy atom. The van der Waals surface area contributed by atoms with E-state index < -0.39 is 23.8 Å². The van der Waals surface area contributed by atoms with E-state index >= 15 is 0 Å². The average molecular weight is 476 g/mol. The van der Waals surface area contributed by atoms with Gasteiger partial charge in [0.25, 0.3) is 0 Å². The Labute approximate surface area is 194 Å². The van der Waals surface area contributed by atoms with Crippen molar-refractivity contribution in [3.63, 3.8) is 0 Å². The quantitative estimate of drug-likeness (QED) is 0.383. The van der Waals surface area contributed by atoms with Crippen molar-refractivity contribution in [2.24, 2.45) is 0 Å². The van der Waals surface area contributed by atoms with Crippen molar-refractivity contribution >= 4 is 23.5 Å². The third-order valence-corrected chi connectivity index (χ3v) is 5.03. The maximum absolute atomic E-state index is 14.1. The van der Waals surface area contributed by atoms with Gasteiger partial charge in [0.2, 0.25) is 5.76 Å². The van der Waals surface area contributed by atoms with Crippen LogP contribution < -0.4 is 5.43 Å². The van der Waals surface area contributed by atoms with Crippen LogP contribution in [0.1, 0.15) is 35.2 Å². The van der Waals surface area contributed by atoms with Gasteiger partial charge >= 0.3 is 11.9 Å². The molecular weight excluding hydrogens is 453 g/mol. The molecule has 0 aliphatic carbocycles. The topological polar surface area (TPSA) is 116 Å². The third-order valence-electron chi connectivity index (χ3n) is 4.79. The number of halogens is 2. The number of nitrogens with zero attached hydrogens (tertiary/aromatic N) is 2. The summed E-state index contributed by atoms with van der Waals surface area (Å²) in [6.07, 6.45) is -0.243. The monoisotopic (exact) mass is 475 g/mol. The largest absolute Gasteiger partial charge is 0.479 e. The summed E-state index contributed by atoms with van der Waals surface area (Å²) in [5.74, 6) is -2.49. The summed E-state index contributed by atoms with van der Waals surface area (Å²) in [5.41, 5.74) is 4.80. The van der Waals surface area contributed by atoms with Crippen LogP contribution >= 0.6 is 11.6 Å². The number of benzene rings is 2. The number of hydrogen-bond acceptors (Lipinski definition) is 6. The molecule has 10 heteroatoms. The summed E-state index contributed by atoms with van der Waals surface area (Å²) in [4.78, 5) is 23.7. The standard InChI is InChI=1S/C23H23ClFN3O5/c1-2-3-17-11-21(33-27-17)22(30)26-28(13-20(29)23(31)32)12-14-4-6-15(7-5-14)18-10-16(24)8-9-19(18)25/h4-11,20,29H,2-3,12-13H2,1H3,(H,26,30)(H,31,32)/t20-/m1/s1. The van der Waals surface area contributed by atoms with Crippen molar-refractivity contribution in [3.05, 3.63) is 76.4 Å². The van der Waals surface area contributed by atoms with E-state index in [1.807, 2.05) is 6.92 Å². The Bertz CT molecular complexity index is 1120. The molecule has 33 heavy (non-hydrogen) atoms. The molecule has 0 aliphatic rings. The molecule has 3 rings (SSSR count). The molecule has 0 unspecified atom stereocenters. The lowest BCUT2D eigenvalue weighted by Gasteiger charge is -2.24. The first-order valence-electron chi connectivity index (χ1n) is 10.2. The average Bonchev–Trinajstić information content (AvgIpc) is 3.25. The highest BCUT2D eigenvalue weighted by Crippen LogP contribution is 2.26. The summed E-state index contributed by atoms with van der Waals surface area (Å²) in [6, 6.07) is 12.6. The van der Waals surface area contributed by atoms with E-state index in [2.05, 4.69) is 10.6 Å². The van der Waals surface area contributed by atoms with Crippen LogP contribution in [-0.4, -0.2) is 44.9 Å². The molecule has 3 N–H and O–H groups in total. The molecule has 174 valence electrons. The van der Waals surface area contributed by atoms with Crippen molar-refractivity contribution in [2.75, 3.05) is 6.54 Å². The molecule has 1 atom stereocenters. The Morgan fingerprint density at radius 2 is 1.94 bits per heavy atom. The lowest BCUT2D eigenvalue weighted by atomic mass is 10.0. The minimum Gasteiger partial charge on any atom is -0.479 e. The van der Waals surface area contributed by atoms with Crippen molar-refractivity contribution in [2.45, 2.75) is 32.4 Å². The first kappa shape index (κ1) is 24.4. The fraction of sp³-hybridized carbons (Fsp3) is 0.261. The van der Waals surface area contributed by atoms with Crippen LogP contribution in [0.5, 0.6) is 0 Å². The minimum absolute atomic E-state index is 0.0277. The minimum atomic E-state index is -1.73. The zero-order valence-corrected chi connectivity index (χ0v) is 18.6. The van der Waals surface area contributed by atoms with E-state index in [4.69, 9.17) is 21.2 Å². The number of carbonyl (C=O) groups is 2. The lowest BCUT2D eigenvalue weighted by molar-refractivity contribution is -0.148. The molecule has 1 amide bonds. The molecule has 2 aromatic carbocycles. The predicted octanol–water partition coefficient (Wildman–Crippen LogP) is 3.68. The Morgan fingerprint density at radius 1 is 1.21 bits per heavy atom.